The third kappa shape index (κ3) is 4.08. The van der Waals surface area contributed by atoms with Gasteiger partial charge in [0.1, 0.15) is 16.7 Å². The first-order valence-electron chi connectivity index (χ1n) is 9.21. The fourth-order valence-electron chi connectivity index (χ4n) is 3.23. The predicted octanol–water partition coefficient (Wildman–Crippen LogP) is 1.90. The molecule has 0 spiro atoms. The van der Waals surface area contributed by atoms with E-state index in [0.29, 0.717) is 43.4 Å². The monoisotopic (exact) mass is 415 g/mol. The van der Waals surface area contributed by atoms with Crippen molar-refractivity contribution in [2.24, 2.45) is 0 Å². The first-order valence-corrected chi connectivity index (χ1v) is 10.7. The van der Waals surface area contributed by atoms with E-state index in [4.69, 9.17) is 9.47 Å². The highest BCUT2D eigenvalue weighted by Gasteiger charge is 2.32. The van der Waals surface area contributed by atoms with Gasteiger partial charge in [0, 0.05) is 31.5 Å². The Morgan fingerprint density at radius 2 is 1.83 bits per heavy atom. The molecule has 0 saturated carbocycles. The topological polar surface area (TPSA) is 99.4 Å². The van der Waals surface area contributed by atoms with Gasteiger partial charge in [-0.05, 0) is 37.1 Å². The van der Waals surface area contributed by atoms with E-state index in [1.54, 1.807) is 59.5 Å². The zero-order valence-electron chi connectivity index (χ0n) is 15.9. The predicted molar refractivity (Wildman–Crippen MR) is 105 cm³/mol. The molecule has 0 N–H and O–H groups in total. The number of rotatable bonds is 6. The van der Waals surface area contributed by atoms with E-state index in [-0.39, 0.29) is 11.0 Å². The van der Waals surface area contributed by atoms with Crippen LogP contribution in [0.2, 0.25) is 0 Å². The number of sulfonamides is 1. The number of aromatic nitrogens is 4. The number of para-hydroxylation sites is 1. The van der Waals surface area contributed by atoms with Gasteiger partial charge in [-0.3, -0.25) is 0 Å². The van der Waals surface area contributed by atoms with Crippen LogP contribution >= 0.6 is 0 Å². The van der Waals surface area contributed by atoms with Crippen LogP contribution in [0.5, 0.6) is 11.6 Å². The molecule has 4 rings (SSSR count). The number of ether oxygens (including phenoxy) is 2. The lowest BCUT2D eigenvalue weighted by Gasteiger charge is -2.31. The Kier molecular flexibility index (Phi) is 5.45. The fraction of sp³-hybridized carbons (Fsp3) is 0.316. The van der Waals surface area contributed by atoms with Crippen molar-refractivity contribution in [3.63, 3.8) is 0 Å². The summed E-state index contributed by atoms with van der Waals surface area (Å²) in [6.07, 6.45) is 4.46. The molecule has 10 heteroatoms. The third-order valence-corrected chi connectivity index (χ3v) is 6.68. The number of hydrogen-bond acceptors (Lipinski definition) is 7. The maximum Gasteiger partial charge on any atom is 0.246 e. The summed E-state index contributed by atoms with van der Waals surface area (Å²) in [6.45, 7) is 0.730. The van der Waals surface area contributed by atoms with Crippen molar-refractivity contribution in [3.8, 4) is 17.4 Å². The Balaban J connectivity index is 1.38. The quantitative estimate of drug-likeness (QED) is 0.606. The zero-order valence-corrected chi connectivity index (χ0v) is 16.7. The molecule has 0 amide bonds. The minimum Gasteiger partial charge on any atom is -0.495 e. The lowest BCUT2D eigenvalue weighted by Crippen LogP contribution is -2.41. The van der Waals surface area contributed by atoms with Gasteiger partial charge in [-0.25, -0.2) is 13.1 Å². The fourth-order valence-corrected chi connectivity index (χ4v) is 4.86. The van der Waals surface area contributed by atoms with Gasteiger partial charge in [-0.15, -0.1) is 10.2 Å². The molecule has 29 heavy (non-hydrogen) atoms. The number of piperidine rings is 1. The summed E-state index contributed by atoms with van der Waals surface area (Å²) in [7, 11) is -2.15. The molecule has 1 aromatic carbocycles. The maximum absolute atomic E-state index is 13.0. The molecule has 9 nitrogen and oxygen atoms in total. The van der Waals surface area contributed by atoms with E-state index in [2.05, 4.69) is 15.3 Å². The van der Waals surface area contributed by atoms with Crippen molar-refractivity contribution in [1.82, 2.24) is 24.3 Å². The van der Waals surface area contributed by atoms with Crippen LogP contribution in [0.4, 0.5) is 0 Å². The average Bonchev–Trinajstić information content (AvgIpc) is 3.29. The average molecular weight is 415 g/mol. The largest absolute Gasteiger partial charge is 0.495 e. The normalized spacial score (nSPS) is 15.9. The summed E-state index contributed by atoms with van der Waals surface area (Å²) in [5.74, 6) is 1.35. The van der Waals surface area contributed by atoms with Crippen molar-refractivity contribution >= 4 is 10.0 Å². The number of hydrogen-bond donors (Lipinski definition) is 0. The first kappa shape index (κ1) is 19.3. The van der Waals surface area contributed by atoms with Crippen LogP contribution in [0.1, 0.15) is 12.8 Å². The molecule has 0 radical (unpaired) electrons. The molecule has 0 bridgehead atoms. The number of nitrogens with zero attached hydrogens (tertiary/aromatic N) is 5. The van der Waals surface area contributed by atoms with E-state index in [9.17, 15) is 8.42 Å². The van der Waals surface area contributed by atoms with Gasteiger partial charge < -0.3 is 9.47 Å². The molecule has 1 aliphatic rings. The minimum atomic E-state index is -3.62. The molecule has 0 atom stereocenters. The Bertz CT molecular complexity index is 1050. The van der Waals surface area contributed by atoms with E-state index in [1.807, 2.05) is 0 Å². The second-order valence-corrected chi connectivity index (χ2v) is 8.46. The van der Waals surface area contributed by atoms with Gasteiger partial charge in [0.2, 0.25) is 15.9 Å². The Morgan fingerprint density at radius 1 is 1.03 bits per heavy atom. The summed E-state index contributed by atoms with van der Waals surface area (Å²) in [6, 6.07) is 12.0. The second kappa shape index (κ2) is 8.18. The number of methoxy groups -OCH3 is 1. The summed E-state index contributed by atoms with van der Waals surface area (Å²) >= 11 is 0. The molecule has 0 unspecified atom stereocenters. The smallest absolute Gasteiger partial charge is 0.246 e. The van der Waals surface area contributed by atoms with Crippen molar-refractivity contribution < 1.29 is 17.9 Å². The van der Waals surface area contributed by atoms with Gasteiger partial charge in [0.25, 0.3) is 0 Å². The van der Waals surface area contributed by atoms with Crippen LogP contribution in [-0.4, -0.2) is 59.0 Å². The molecule has 0 aliphatic carbocycles. The minimum absolute atomic E-state index is 0.121. The van der Waals surface area contributed by atoms with Crippen LogP contribution < -0.4 is 9.47 Å². The molecular weight excluding hydrogens is 394 g/mol. The first-order chi connectivity index (χ1) is 14.1. The summed E-state index contributed by atoms with van der Waals surface area (Å²) in [5, 5.41) is 12.3. The lowest BCUT2D eigenvalue weighted by molar-refractivity contribution is 0.128. The van der Waals surface area contributed by atoms with E-state index in [0.717, 1.165) is 0 Å². The van der Waals surface area contributed by atoms with E-state index < -0.39 is 10.0 Å². The summed E-state index contributed by atoms with van der Waals surface area (Å²) < 4.78 is 40.1. The van der Waals surface area contributed by atoms with Crippen LogP contribution in [0.3, 0.4) is 0 Å². The van der Waals surface area contributed by atoms with Gasteiger partial charge in [-0.1, -0.05) is 12.1 Å². The zero-order chi connectivity index (χ0) is 20.3. The van der Waals surface area contributed by atoms with Crippen LogP contribution in [-0.2, 0) is 10.0 Å². The Labute approximate surface area is 168 Å². The van der Waals surface area contributed by atoms with Gasteiger partial charge in [0.05, 0.1) is 7.11 Å². The highest BCUT2D eigenvalue weighted by atomic mass is 32.2. The maximum atomic E-state index is 13.0. The van der Waals surface area contributed by atoms with Crippen LogP contribution in [0, 0.1) is 0 Å². The van der Waals surface area contributed by atoms with Crippen molar-refractivity contribution in [3.05, 3.63) is 54.9 Å². The highest BCUT2D eigenvalue weighted by molar-refractivity contribution is 7.89. The molecule has 3 aromatic rings. The highest BCUT2D eigenvalue weighted by Crippen LogP contribution is 2.28. The molecule has 152 valence electrons. The standard InChI is InChI=1S/C19H21N5O4S/c1-27-16-5-2-3-6-17(16)29(25,26)23-13-9-15(10-14-23)28-19-8-7-18(21-22-19)24-12-4-11-20-24/h2-8,11-12,15H,9-10,13-14H2,1H3. The number of benzene rings is 1. The summed E-state index contributed by atoms with van der Waals surface area (Å²) in [5.41, 5.74) is 0. The van der Waals surface area contributed by atoms with Crippen LogP contribution in [0.15, 0.2) is 59.8 Å². The molecule has 1 fully saturated rings. The van der Waals surface area contributed by atoms with E-state index in [1.165, 1.54) is 11.4 Å². The van der Waals surface area contributed by atoms with Crippen molar-refractivity contribution in [2.75, 3.05) is 20.2 Å². The van der Waals surface area contributed by atoms with E-state index >= 15 is 0 Å². The Morgan fingerprint density at radius 3 is 2.48 bits per heavy atom. The van der Waals surface area contributed by atoms with Crippen LogP contribution in [0.25, 0.3) is 5.82 Å². The van der Waals surface area contributed by atoms with Gasteiger partial charge in [-0.2, -0.15) is 9.40 Å². The molecular formula is C19H21N5O4S. The van der Waals surface area contributed by atoms with Gasteiger partial charge in [0.15, 0.2) is 5.82 Å². The summed E-state index contributed by atoms with van der Waals surface area (Å²) in [4.78, 5) is 0.182. The molecule has 1 aliphatic heterocycles. The molecule has 1 saturated heterocycles. The van der Waals surface area contributed by atoms with Crippen molar-refractivity contribution in [1.29, 1.82) is 0 Å². The van der Waals surface area contributed by atoms with Gasteiger partial charge >= 0.3 is 0 Å². The molecule has 3 heterocycles. The third-order valence-electron chi connectivity index (χ3n) is 4.74. The molecule has 2 aromatic heterocycles. The Hall–Kier alpha value is -2.98. The second-order valence-electron chi connectivity index (χ2n) is 6.55. The SMILES string of the molecule is COc1ccccc1S(=O)(=O)N1CCC(Oc2ccc(-n3cccn3)nn2)CC1. The van der Waals surface area contributed by atoms with Crippen molar-refractivity contribution in [2.45, 2.75) is 23.8 Å². The lowest BCUT2D eigenvalue weighted by atomic mass is 10.1.